The number of nitrogen functional groups attached to an aromatic ring is 1. The summed E-state index contributed by atoms with van der Waals surface area (Å²) < 4.78 is 0. The van der Waals surface area contributed by atoms with Crippen molar-refractivity contribution in [2.75, 3.05) is 17.2 Å². The molecule has 1 fully saturated rings. The largest absolute Gasteiger partial charge is 0.395 e. The molecule has 0 radical (unpaired) electrons. The number of H-pyrrole nitrogens is 1. The van der Waals surface area contributed by atoms with Crippen LogP contribution in [0.25, 0.3) is 0 Å². The lowest BCUT2D eigenvalue weighted by atomic mass is 10.2. The average molecular weight is 226 g/mol. The number of amides is 1. The van der Waals surface area contributed by atoms with E-state index in [4.69, 9.17) is 5.73 Å². The molecular formula is C9H14N4OS. The molecule has 15 heavy (non-hydrogen) atoms. The van der Waals surface area contributed by atoms with Crippen LogP contribution in [0.1, 0.15) is 22.6 Å². The molecule has 2 rings (SSSR count). The lowest BCUT2D eigenvalue weighted by Crippen LogP contribution is -2.35. The molecule has 1 aliphatic rings. The van der Waals surface area contributed by atoms with E-state index in [0.29, 0.717) is 11.4 Å². The van der Waals surface area contributed by atoms with Crippen LogP contribution in [0.2, 0.25) is 0 Å². The van der Waals surface area contributed by atoms with Gasteiger partial charge in [-0.15, -0.1) is 0 Å². The molecule has 6 heteroatoms. The maximum Gasteiger partial charge on any atom is 0.274 e. The number of nitrogens with one attached hydrogen (secondary N) is 2. The number of hydrogen-bond donors (Lipinski definition) is 3. The number of anilines is 1. The third-order valence-electron chi connectivity index (χ3n) is 2.47. The van der Waals surface area contributed by atoms with E-state index in [2.05, 4.69) is 15.5 Å². The molecule has 1 aliphatic heterocycles. The lowest BCUT2D eigenvalue weighted by Gasteiger charge is -2.09. The van der Waals surface area contributed by atoms with Gasteiger partial charge in [0.1, 0.15) is 0 Å². The third-order valence-corrected chi connectivity index (χ3v) is 3.64. The van der Waals surface area contributed by atoms with Crippen LogP contribution in [0.4, 0.5) is 5.69 Å². The highest BCUT2D eigenvalue weighted by atomic mass is 32.2. The molecule has 1 unspecified atom stereocenters. The van der Waals surface area contributed by atoms with Crippen LogP contribution < -0.4 is 11.1 Å². The van der Waals surface area contributed by atoms with E-state index in [0.717, 1.165) is 23.6 Å². The van der Waals surface area contributed by atoms with Crippen LogP contribution in [0.5, 0.6) is 0 Å². The Hall–Kier alpha value is -1.17. The van der Waals surface area contributed by atoms with E-state index < -0.39 is 0 Å². The summed E-state index contributed by atoms with van der Waals surface area (Å²) >= 11 is 1.85. The lowest BCUT2D eigenvalue weighted by molar-refractivity contribution is 0.0937. The second-order valence-electron chi connectivity index (χ2n) is 3.64. The van der Waals surface area contributed by atoms with Crippen molar-refractivity contribution in [1.29, 1.82) is 0 Å². The molecule has 82 valence electrons. The zero-order chi connectivity index (χ0) is 10.8. The fourth-order valence-corrected chi connectivity index (χ4v) is 2.67. The summed E-state index contributed by atoms with van der Waals surface area (Å²) in [4.78, 5) is 11.8. The van der Waals surface area contributed by atoms with Gasteiger partial charge < -0.3 is 11.1 Å². The van der Waals surface area contributed by atoms with Crippen molar-refractivity contribution in [3.8, 4) is 0 Å². The highest BCUT2D eigenvalue weighted by molar-refractivity contribution is 7.99. The Morgan fingerprint density at radius 2 is 2.53 bits per heavy atom. The molecular weight excluding hydrogens is 212 g/mol. The molecule has 1 saturated heterocycles. The first-order valence-corrected chi connectivity index (χ1v) is 6.03. The molecule has 2 heterocycles. The Balaban J connectivity index is 2.04. The number of hydrogen-bond acceptors (Lipinski definition) is 4. The van der Waals surface area contributed by atoms with Crippen LogP contribution >= 0.6 is 11.8 Å². The normalized spacial score (nSPS) is 20.5. The van der Waals surface area contributed by atoms with E-state index in [1.54, 1.807) is 6.92 Å². The first-order chi connectivity index (χ1) is 7.18. The number of aromatic nitrogens is 2. The van der Waals surface area contributed by atoms with Gasteiger partial charge in [0.15, 0.2) is 5.69 Å². The van der Waals surface area contributed by atoms with Gasteiger partial charge in [-0.05, 0) is 19.1 Å². The summed E-state index contributed by atoms with van der Waals surface area (Å²) in [7, 11) is 0. The quantitative estimate of drug-likeness (QED) is 0.687. The van der Waals surface area contributed by atoms with E-state index in [1.807, 2.05) is 11.8 Å². The minimum atomic E-state index is -0.177. The van der Waals surface area contributed by atoms with Crippen LogP contribution in [0.3, 0.4) is 0 Å². The number of aromatic amines is 1. The van der Waals surface area contributed by atoms with Crippen molar-refractivity contribution in [3.63, 3.8) is 0 Å². The van der Waals surface area contributed by atoms with Gasteiger partial charge in [0.05, 0.1) is 11.4 Å². The van der Waals surface area contributed by atoms with Gasteiger partial charge in [0, 0.05) is 11.8 Å². The second-order valence-corrected chi connectivity index (χ2v) is 4.79. The fourth-order valence-electron chi connectivity index (χ4n) is 1.51. The van der Waals surface area contributed by atoms with Crippen LogP contribution in [0.15, 0.2) is 0 Å². The number of carbonyl (C=O) groups excluding carboxylic acids is 1. The first-order valence-electron chi connectivity index (χ1n) is 4.87. The molecule has 0 saturated carbocycles. The van der Waals surface area contributed by atoms with Gasteiger partial charge in [-0.1, -0.05) is 0 Å². The highest BCUT2D eigenvalue weighted by Gasteiger charge is 2.21. The third kappa shape index (κ3) is 2.09. The summed E-state index contributed by atoms with van der Waals surface area (Å²) in [5.41, 5.74) is 7.21. The van der Waals surface area contributed by atoms with Crippen LogP contribution in [0, 0.1) is 6.92 Å². The first kappa shape index (κ1) is 10.4. The van der Waals surface area contributed by atoms with Gasteiger partial charge in [-0.25, -0.2) is 0 Å². The second kappa shape index (κ2) is 4.14. The SMILES string of the molecule is Cc1[nH]nc(C(=O)NC2CCSC2)c1N. The van der Waals surface area contributed by atoms with Crippen molar-refractivity contribution in [3.05, 3.63) is 11.4 Å². The standard InChI is InChI=1S/C9H14N4OS/c1-5-7(10)8(13-12-5)9(14)11-6-2-3-15-4-6/h6H,2-4,10H2,1H3,(H,11,14)(H,12,13). The van der Waals surface area contributed by atoms with Crippen LogP contribution in [-0.2, 0) is 0 Å². The number of rotatable bonds is 2. The molecule has 0 bridgehead atoms. The topological polar surface area (TPSA) is 83.8 Å². The number of thioether (sulfide) groups is 1. The smallest absolute Gasteiger partial charge is 0.274 e. The summed E-state index contributed by atoms with van der Waals surface area (Å²) in [6.07, 6.45) is 1.03. The fraction of sp³-hybridized carbons (Fsp3) is 0.556. The van der Waals surface area contributed by atoms with E-state index >= 15 is 0 Å². The Morgan fingerprint density at radius 1 is 1.73 bits per heavy atom. The molecule has 0 spiro atoms. The number of carbonyl (C=O) groups is 1. The van der Waals surface area contributed by atoms with Gasteiger partial charge in [0.2, 0.25) is 0 Å². The Bertz CT molecular complexity index is 370. The Kier molecular flexibility index (Phi) is 2.86. The maximum atomic E-state index is 11.8. The van der Waals surface area contributed by atoms with Gasteiger partial charge in [-0.2, -0.15) is 16.9 Å². The minimum Gasteiger partial charge on any atom is -0.395 e. The average Bonchev–Trinajstić information content (AvgIpc) is 2.79. The van der Waals surface area contributed by atoms with Crippen molar-refractivity contribution >= 4 is 23.4 Å². The number of nitrogens with zero attached hydrogens (tertiary/aromatic N) is 1. The van der Waals surface area contributed by atoms with E-state index in [9.17, 15) is 4.79 Å². The van der Waals surface area contributed by atoms with E-state index in [-0.39, 0.29) is 11.9 Å². The van der Waals surface area contributed by atoms with Crippen molar-refractivity contribution < 1.29 is 4.79 Å². The molecule has 1 aromatic heterocycles. The molecule has 5 nitrogen and oxygen atoms in total. The van der Waals surface area contributed by atoms with E-state index in [1.165, 1.54) is 0 Å². The molecule has 0 aromatic carbocycles. The molecule has 1 aromatic rings. The molecule has 0 aliphatic carbocycles. The van der Waals surface area contributed by atoms with Crippen molar-refractivity contribution in [2.24, 2.45) is 0 Å². The predicted molar refractivity (Wildman–Crippen MR) is 60.9 cm³/mol. The maximum absolute atomic E-state index is 11.8. The number of aryl methyl sites for hydroxylation is 1. The molecule has 4 N–H and O–H groups in total. The summed E-state index contributed by atoms with van der Waals surface area (Å²) in [6.45, 7) is 1.80. The predicted octanol–water partition coefficient (Wildman–Crippen LogP) is 0.536. The summed E-state index contributed by atoms with van der Waals surface area (Å²) in [5, 5.41) is 9.52. The Morgan fingerprint density at radius 3 is 3.07 bits per heavy atom. The summed E-state index contributed by atoms with van der Waals surface area (Å²) in [5.74, 6) is 1.92. The summed E-state index contributed by atoms with van der Waals surface area (Å²) in [6, 6.07) is 0.263. The number of nitrogens with two attached hydrogens (primary N) is 1. The van der Waals surface area contributed by atoms with Crippen molar-refractivity contribution in [2.45, 2.75) is 19.4 Å². The zero-order valence-corrected chi connectivity index (χ0v) is 9.36. The highest BCUT2D eigenvalue weighted by Crippen LogP contribution is 2.18. The Labute approximate surface area is 92.2 Å². The molecule has 1 amide bonds. The monoisotopic (exact) mass is 226 g/mol. The minimum absolute atomic E-state index is 0.177. The van der Waals surface area contributed by atoms with Crippen molar-refractivity contribution in [1.82, 2.24) is 15.5 Å². The zero-order valence-electron chi connectivity index (χ0n) is 8.54. The van der Waals surface area contributed by atoms with Crippen LogP contribution in [-0.4, -0.2) is 33.7 Å². The van der Waals surface area contributed by atoms with Gasteiger partial charge >= 0.3 is 0 Å². The van der Waals surface area contributed by atoms with Gasteiger partial charge in [0.25, 0.3) is 5.91 Å². The molecule has 1 atom stereocenters. The van der Waals surface area contributed by atoms with Gasteiger partial charge in [-0.3, -0.25) is 9.89 Å².